The number of hydrogen-bond donors (Lipinski definition) is 2. The molecule has 0 saturated heterocycles. The van der Waals surface area contributed by atoms with Gasteiger partial charge in [0.15, 0.2) is 0 Å². The van der Waals surface area contributed by atoms with E-state index in [1.165, 1.54) is 30.9 Å². The first-order valence-corrected chi connectivity index (χ1v) is 11.7. The summed E-state index contributed by atoms with van der Waals surface area (Å²) >= 11 is 1.82. The van der Waals surface area contributed by atoms with Gasteiger partial charge in [-0.1, -0.05) is 54.6 Å². The number of nitrogens with zero attached hydrogens (tertiary/aromatic N) is 1. The van der Waals surface area contributed by atoms with Crippen LogP contribution in [0.3, 0.4) is 0 Å². The molecule has 0 atom stereocenters. The number of fused-ring (bicyclic) bond motifs is 8. The van der Waals surface area contributed by atoms with Crippen LogP contribution in [0.1, 0.15) is 0 Å². The molecule has 33 heavy (non-hydrogen) atoms. The molecule has 2 aromatic heterocycles. The number of rotatable bonds is 2. The molecule has 2 heterocycles. The number of hydrogen-bond acceptors (Lipinski definition) is 3. The lowest BCUT2D eigenvalue weighted by Gasteiger charge is -2.09. The molecule has 7 aromatic rings. The first-order chi connectivity index (χ1) is 16.2. The van der Waals surface area contributed by atoms with Gasteiger partial charge in [0.1, 0.15) is 0 Å². The van der Waals surface area contributed by atoms with Crippen molar-refractivity contribution in [2.24, 2.45) is 0 Å². The zero-order chi connectivity index (χ0) is 22.1. The SMILES string of the molecule is OB(O)c1ccc2c(c1)c1cc3c(ccc4sc5ccccc5c43)cc1n2-c1ccccc1. The topological polar surface area (TPSA) is 45.4 Å². The fraction of sp³-hybridized carbons (Fsp3) is 0. The van der Waals surface area contributed by atoms with Gasteiger partial charge in [0, 0.05) is 36.6 Å². The average molecular weight is 443 g/mol. The second-order valence-corrected chi connectivity index (χ2v) is 9.53. The maximum atomic E-state index is 9.83. The molecular formula is C28H18BNO2S. The van der Waals surface area contributed by atoms with E-state index >= 15 is 0 Å². The summed E-state index contributed by atoms with van der Waals surface area (Å²) in [6.45, 7) is 0. The third-order valence-electron chi connectivity index (χ3n) is 6.58. The molecule has 0 aliphatic carbocycles. The van der Waals surface area contributed by atoms with Gasteiger partial charge in [-0.2, -0.15) is 0 Å². The van der Waals surface area contributed by atoms with Gasteiger partial charge in [0.25, 0.3) is 0 Å². The first-order valence-electron chi connectivity index (χ1n) is 10.9. The minimum absolute atomic E-state index is 0.494. The van der Waals surface area contributed by atoms with Gasteiger partial charge in [0.2, 0.25) is 0 Å². The molecular weight excluding hydrogens is 425 g/mol. The Bertz CT molecular complexity index is 1850. The third kappa shape index (κ3) is 2.71. The highest BCUT2D eigenvalue weighted by molar-refractivity contribution is 7.26. The highest BCUT2D eigenvalue weighted by atomic mass is 32.1. The van der Waals surface area contributed by atoms with Crippen LogP contribution in [-0.4, -0.2) is 21.7 Å². The number of para-hydroxylation sites is 1. The van der Waals surface area contributed by atoms with Crippen molar-refractivity contribution >= 4 is 76.7 Å². The lowest BCUT2D eigenvalue weighted by atomic mass is 9.80. The molecule has 0 amide bonds. The summed E-state index contributed by atoms with van der Waals surface area (Å²) in [5.74, 6) is 0. The van der Waals surface area contributed by atoms with Crippen LogP contribution in [0.5, 0.6) is 0 Å². The molecule has 156 valence electrons. The predicted octanol–water partition coefficient (Wildman–Crippen LogP) is 5.98. The average Bonchev–Trinajstić information content (AvgIpc) is 3.38. The molecule has 3 nitrogen and oxygen atoms in total. The zero-order valence-electron chi connectivity index (χ0n) is 17.6. The summed E-state index contributed by atoms with van der Waals surface area (Å²) in [5.41, 5.74) is 3.72. The number of aromatic nitrogens is 1. The highest BCUT2D eigenvalue weighted by Gasteiger charge is 2.18. The van der Waals surface area contributed by atoms with Crippen LogP contribution < -0.4 is 5.46 Å². The summed E-state index contributed by atoms with van der Waals surface area (Å²) in [6, 6.07) is 33.5. The van der Waals surface area contributed by atoms with Gasteiger partial charge in [-0.25, -0.2) is 0 Å². The minimum Gasteiger partial charge on any atom is -0.423 e. The van der Waals surface area contributed by atoms with E-state index in [0.29, 0.717) is 5.46 Å². The first kappa shape index (κ1) is 18.9. The van der Waals surface area contributed by atoms with Crippen molar-refractivity contribution < 1.29 is 10.0 Å². The second kappa shape index (κ2) is 6.93. The van der Waals surface area contributed by atoms with Crippen LogP contribution in [0.15, 0.2) is 97.1 Å². The van der Waals surface area contributed by atoms with Crippen molar-refractivity contribution in [3.63, 3.8) is 0 Å². The lowest BCUT2D eigenvalue weighted by Crippen LogP contribution is -2.29. The Hall–Kier alpha value is -3.64. The third-order valence-corrected chi connectivity index (χ3v) is 7.72. The quantitative estimate of drug-likeness (QED) is 0.323. The molecule has 0 bridgehead atoms. The smallest absolute Gasteiger partial charge is 0.423 e. The molecule has 0 aliphatic heterocycles. The van der Waals surface area contributed by atoms with Crippen LogP contribution in [0, 0.1) is 0 Å². The largest absolute Gasteiger partial charge is 0.488 e. The Balaban J connectivity index is 1.69. The summed E-state index contributed by atoms with van der Waals surface area (Å²) < 4.78 is 4.83. The maximum absolute atomic E-state index is 9.83. The van der Waals surface area contributed by atoms with E-state index in [1.54, 1.807) is 6.07 Å². The number of benzene rings is 5. The highest BCUT2D eigenvalue weighted by Crippen LogP contribution is 2.41. The summed E-state index contributed by atoms with van der Waals surface area (Å²) in [4.78, 5) is 0. The summed E-state index contributed by atoms with van der Waals surface area (Å²) in [7, 11) is -1.50. The van der Waals surface area contributed by atoms with Gasteiger partial charge < -0.3 is 14.6 Å². The Kier molecular flexibility index (Phi) is 3.97. The fourth-order valence-electron chi connectivity index (χ4n) is 5.09. The molecule has 0 unspecified atom stereocenters. The maximum Gasteiger partial charge on any atom is 0.488 e. The van der Waals surface area contributed by atoms with Crippen LogP contribution >= 0.6 is 11.3 Å². The molecule has 5 aromatic carbocycles. The van der Waals surface area contributed by atoms with E-state index in [1.807, 2.05) is 41.7 Å². The van der Waals surface area contributed by atoms with Crippen molar-refractivity contribution in [3.05, 3.63) is 97.1 Å². The van der Waals surface area contributed by atoms with Crippen LogP contribution in [-0.2, 0) is 0 Å². The van der Waals surface area contributed by atoms with Gasteiger partial charge >= 0.3 is 7.12 Å². The van der Waals surface area contributed by atoms with Crippen LogP contribution in [0.4, 0.5) is 0 Å². The van der Waals surface area contributed by atoms with E-state index in [2.05, 4.69) is 65.2 Å². The van der Waals surface area contributed by atoms with E-state index < -0.39 is 7.12 Å². The molecule has 5 heteroatoms. The second-order valence-electron chi connectivity index (χ2n) is 8.45. The Morgan fingerprint density at radius 2 is 1.39 bits per heavy atom. The molecule has 0 aliphatic rings. The van der Waals surface area contributed by atoms with Crippen molar-refractivity contribution in [1.29, 1.82) is 0 Å². The normalized spacial score (nSPS) is 11.9. The fourth-order valence-corrected chi connectivity index (χ4v) is 6.22. The molecule has 7 rings (SSSR count). The molecule has 0 saturated carbocycles. The van der Waals surface area contributed by atoms with Gasteiger partial charge in [0.05, 0.1) is 11.0 Å². The predicted molar refractivity (Wildman–Crippen MR) is 141 cm³/mol. The van der Waals surface area contributed by atoms with E-state index in [4.69, 9.17) is 0 Å². The Labute approximate surface area is 193 Å². The van der Waals surface area contributed by atoms with Crippen molar-refractivity contribution in [1.82, 2.24) is 4.57 Å². The molecule has 0 fully saturated rings. The Morgan fingerprint density at radius 1 is 0.606 bits per heavy atom. The summed E-state index contributed by atoms with van der Waals surface area (Å²) in [5, 5.41) is 26.8. The molecule has 2 N–H and O–H groups in total. The van der Waals surface area contributed by atoms with Gasteiger partial charge in [-0.15, -0.1) is 11.3 Å². The standard InChI is InChI=1S/C28H18BNO2S/c31-29(32)18-11-12-24-22(15-18)23-16-21-17(14-25(23)30(24)19-6-2-1-3-7-19)10-13-27-28(21)20-8-4-5-9-26(20)33-27/h1-16,31-32H. The van der Waals surface area contributed by atoms with E-state index in [9.17, 15) is 10.0 Å². The van der Waals surface area contributed by atoms with E-state index in [-0.39, 0.29) is 0 Å². The minimum atomic E-state index is -1.50. The van der Waals surface area contributed by atoms with Crippen molar-refractivity contribution in [3.8, 4) is 5.69 Å². The van der Waals surface area contributed by atoms with Gasteiger partial charge in [-0.05, 0) is 58.7 Å². The van der Waals surface area contributed by atoms with Crippen LogP contribution in [0.2, 0.25) is 0 Å². The Morgan fingerprint density at radius 3 is 2.24 bits per heavy atom. The van der Waals surface area contributed by atoms with Crippen LogP contribution in [0.25, 0.3) is 58.4 Å². The van der Waals surface area contributed by atoms with Crippen molar-refractivity contribution in [2.45, 2.75) is 0 Å². The zero-order valence-corrected chi connectivity index (χ0v) is 18.4. The van der Waals surface area contributed by atoms with E-state index in [0.717, 1.165) is 27.5 Å². The lowest BCUT2D eigenvalue weighted by molar-refractivity contribution is 0.426. The monoisotopic (exact) mass is 443 g/mol. The number of thiophene rings is 1. The van der Waals surface area contributed by atoms with Gasteiger partial charge in [-0.3, -0.25) is 0 Å². The van der Waals surface area contributed by atoms with Crippen molar-refractivity contribution in [2.75, 3.05) is 0 Å². The molecule has 0 radical (unpaired) electrons. The summed E-state index contributed by atoms with van der Waals surface area (Å²) in [6.07, 6.45) is 0. The molecule has 0 spiro atoms.